The van der Waals surface area contributed by atoms with Crippen molar-refractivity contribution in [1.29, 1.82) is 0 Å². The van der Waals surface area contributed by atoms with Crippen LogP contribution in [0.4, 0.5) is 17.3 Å². The quantitative estimate of drug-likeness (QED) is 0.305. The number of para-hydroxylation sites is 3. The molecule has 0 amide bonds. The maximum absolute atomic E-state index is 5.10. The zero-order chi connectivity index (χ0) is 19.9. The number of rotatable bonds is 2. The monoisotopic (exact) mass is 403 g/mol. The average molecular weight is 404 g/mol. The van der Waals surface area contributed by atoms with Crippen LogP contribution in [-0.2, 0) is 0 Å². The normalized spacial score (nSPS) is 12.5. The molecule has 4 heteroatoms. The first kappa shape index (κ1) is 17.2. The van der Waals surface area contributed by atoms with Gasteiger partial charge in [0.1, 0.15) is 0 Å². The van der Waals surface area contributed by atoms with Gasteiger partial charge in [-0.15, -0.1) is 0 Å². The number of anilines is 3. The summed E-state index contributed by atoms with van der Waals surface area (Å²) in [6.07, 6.45) is 0. The van der Waals surface area contributed by atoms with Crippen molar-refractivity contribution in [3.63, 3.8) is 0 Å². The molecule has 1 aliphatic heterocycles. The highest BCUT2D eigenvalue weighted by Crippen LogP contribution is 2.50. The van der Waals surface area contributed by atoms with Gasteiger partial charge >= 0.3 is 0 Å². The van der Waals surface area contributed by atoms with Crippen molar-refractivity contribution in [3.8, 4) is 11.3 Å². The molecular weight excluding hydrogens is 386 g/mol. The molecule has 5 aromatic rings. The van der Waals surface area contributed by atoms with Gasteiger partial charge < -0.3 is 0 Å². The molecule has 0 radical (unpaired) electrons. The molecule has 1 aliphatic rings. The van der Waals surface area contributed by atoms with Crippen molar-refractivity contribution in [2.45, 2.75) is 9.79 Å². The highest BCUT2D eigenvalue weighted by Gasteiger charge is 2.27. The van der Waals surface area contributed by atoms with Gasteiger partial charge in [0.05, 0.1) is 22.6 Å². The van der Waals surface area contributed by atoms with E-state index < -0.39 is 0 Å². The first-order valence-corrected chi connectivity index (χ1v) is 10.7. The van der Waals surface area contributed by atoms with Crippen LogP contribution < -0.4 is 4.90 Å². The van der Waals surface area contributed by atoms with Gasteiger partial charge in [0.25, 0.3) is 0 Å². The van der Waals surface area contributed by atoms with E-state index in [9.17, 15) is 0 Å². The maximum Gasteiger partial charge on any atom is 0.235 e. The van der Waals surface area contributed by atoms with Crippen molar-refractivity contribution >= 4 is 40.0 Å². The average Bonchev–Trinajstić information content (AvgIpc) is 2.82. The topological polar surface area (TPSA) is 29.0 Å². The Morgan fingerprint density at radius 1 is 0.567 bits per heavy atom. The Hall–Kier alpha value is -3.63. The SMILES string of the molecule is c1ccc(-c2nc(N3c4ccccc4Sc4ccccc43)nc3ccccc23)cc1. The van der Waals surface area contributed by atoms with Crippen molar-refractivity contribution in [2.75, 3.05) is 4.90 Å². The van der Waals surface area contributed by atoms with Crippen molar-refractivity contribution in [3.05, 3.63) is 103 Å². The predicted molar refractivity (Wildman–Crippen MR) is 124 cm³/mol. The molecule has 142 valence electrons. The molecule has 4 aromatic carbocycles. The van der Waals surface area contributed by atoms with E-state index in [1.54, 1.807) is 11.8 Å². The van der Waals surface area contributed by atoms with Crippen LogP contribution in [0.25, 0.3) is 22.2 Å². The number of nitrogens with zero attached hydrogens (tertiary/aromatic N) is 3. The van der Waals surface area contributed by atoms with E-state index in [1.165, 1.54) is 9.79 Å². The lowest BCUT2D eigenvalue weighted by atomic mass is 10.1. The van der Waals surface area contributed by atoms with Gasteiger partial charge in [-0.1, -0.05) is 84.6 Å². The summed E-state index contributed by atoms with van der Waals surface area (Å²) < 4.78 is 0. The fraction of sp³-hybridized carbons (Fsp3) is 0. The summed E-state index contributed by atoms with van der Waals surface area (Å²) in [4.78, 5) is 14.7. The van der Waals surface area contributed by atoms with Crippen LogP contribution in [0.15, 0.2) is 113 Å². The Labute approximate surface area is 179 Å². The molecule has 0 spiro atoms. The Balaban J connectivity index is 1.65. The summed E-state index contributed by atoms with van der Waals surface area (Å²) in [5.74, 6) is 0.688. The van der Waals surface area contributed by atoms with Crippen LogP contribution in [0.2, 0.25) is 0 Å². The van der Waals surface area contributed by atoms with Gasteiger partial charge in [0.15, 0.2) is 0 Å². The highest BCUT2D eigenvalue weighted by atomic mass is 32.2. The van der Waals surface area contributed by atoms with Crippen molar-refractivity contribution in [1.82, 2.24) is 9.97 Å². The largest absolute Gasteiger partial charge is 0.277 e. The van der Waals surface area contributed by atoms with E-state index in [2.05, 4.69) is 77.7 Å². The van der Waals surface area contributed by atoms with Crippen LogP contribution in [0.1, 0.15) is 0 Å². The third-order valence-electron chi connectivity index (χ3n) is 5.27. The number of aromatic nitrogens is 2. The Morgan fingerprint density at radius 2 is 1.17 bits per heavy atom. The number of hydrogen-bond acceptors (Lipinski definition) is 4. The van der Waals surface area contributed by atoms with Crippen LogP contribution >= 0.6 is 11.8 Å². The molecule has 0 unspecified atom stereocenters. The minimum absolute atomic E-state index is 0.688. The summed E-state index contributed by atoms with van der Waals surface area (Å²) in [7, 11) is 0. The van der Waals surface area contributed by atoms with Crippen molar-refractivity contribution in [2.24, 2.45) is 0 Å². The van der Waals surface area contributed by atoms with Crippen LogP contribution in [0.3, 0.4) is 0 Å². The number of benzene rings is 4. The standard InChI is InChI=1S/C26H17N3S/c1-2-10-18(11-3-1)25-19-12-4-5-13-20(19)27-26(28-25)29-21-14-6-8-16-23(21)30-24-17-9-7-15-22(24)29/h1-17H. The van der Waals surface area contributed by atoms with E-state index in [1.807, 2.05) is 30.3 Å². The molecule has 30 heavy (non-hydrogen) atoms. The smallest absolute Gasteiger partial charge is 0.235 e. The lowest BCUT2D eigenvalue weighted by molar-refractivity contribution is 1.07. The van der Waals surface area contributed by atoms with E-state index in [4.69, 9.17) is 9.97 Å². The lowest BCUT2D eigenvalue weighted by Crippen LogP contribution is -2.17. The van der Waals surface area contributed by atoms with Gasteiger partial charge in [-0.25, -0.2) is 9.97 Å². The molecule has 0 fully saturated rings. The Kier molecular flexibility index (Phi) is 4.03. The summed E-state index contributed by atoms with van der Waals surface area (Å²) in [6, 6.07) is 35.4. The lowest BCUT2D eigenvalue weighted by Gasteiger charge is -2.31. The van der Waals surface area contributed by atoms with Crippen LogP contribution in [0.5, 0.6) is 0 Å². The second kappa shape index (κ2) is 7.01. The molecule has 0 N–H and O–H groups in total. The van der Waals surface area contributed by atoms with Gasteiger partial charge in [-0.05, 0) is 30.3 Å². The predicted octanol–water partition coefficient (Wildman–Crippen LogP) is 7.23. The third-order valence-corrected chi connectivity index (χ3v) is 6.40. The number of hydrogen-bond donors (Lipinski definition) is 0. The molecular formula is C26H17N3S. The van der Waals surface area contributed by atoms with Gasteiger partial charge in [-0.3, -0.25) is 4.90 Å². The summed E-state index contributed by atoms with van der Waals surface area (Å²) in [6.45, 7) is 0. The molecule has 0 saturated carbocycles. The van der Waals surface area contributed by atoms with Crippen LogP contribution in [-0.4, -0.2) is 9.97 Å². The minimum Gasteiger partial charge on any atom is -0.277 e. The van der Waals surface area contributed by atoms with Crippen molar-refractivity contribution < 1.29 is 0 Å². The fourth-order valence-corrected chi connectivity index (χ4v) is 4.96. The summed E-state index contributed by atoms with van der Waals surface area (Å²) in [5, 5.41) is 1.06. The Morgan fingerprint density at radius 3 is 1.90 bits per heavy atom. The molecule has 6 rings (SSSR count). The Bertz CT molecular complexity index is 1340. The minimum atomic E-state index is 0.688. The van der Waals surface area contributed by atoms with Gasteiger partial charge in [0, 0.05) is 20.7 Å². The fourth-order valence-electron chi connectivity index (χ4n) is 3.90. The number of fused-ring (bicyclic) bond motifs is 3. The first-order valence-electron chi connectivity index (χ1n) is 9.87. The van der Waals surface area contributed by atoms with Gasteiger partial charge in [0.2, 0.25) is 5.95 Å². The molecule has 0 aliphatic carbocycles. The second-order valence-electron chi connectivity index (χ2n) is 7.13. The van der Waals surface area contributed by atoms with E-state index in [0.29, 0.717) is 5.95 Å². The van der Waals surface area contributed by atoms with E-state index in [0.717, 1.165) is 33.5 Å². The van der Waals surface area contributed by atoms with E-state index >= 15 is 0 Å². The maximum atomic E-state index is 5.10. The zero-order valence-corrected chi connectivity index (χ0v) is 16.9. The van der Waals surface area contributed by atoms with E-state index in [-0.39, 0.29) is 0 Å². The first-order chi connectivity index (χ1) is 14.9. The third kappa shape index (κ3) is 2.77. The summed E-state index contributed by atoms with van der Waals surface area (Å²) in [5.41, 5.74) is 5.19. The zero-order valence-electron chi connectivity index (χ0n) is 16.1. The summed E-state index contributed by atoms with van der Waals surface area (Å²) >= 11 is 1.79. The molecule has 0 saturated heterocycles. The molecule has 0 bridgehead atoms. The van der Waals surface area contributed by atoms with Gasteiger partial charge in [-0.2, -0.15) is 0 Å². The molecule has 1 aromatic heterocycles. The highest BCUT2D eigenvalue weighted by molar-refractivity contribution is 7.99. The molecule has 2 heterocycles. The van der Waals surface area contributed by atoms with Crippen LogP contribution in [0, 0.1) is 0 Å². The molecule has 3 nitrogen and oxygen atoms in total. The second-order valence-corrected chi connectivity index (χ2v) is 8.21. The molecule has 0 atom stereocenters.